The first-order valence-corrected chi connectivity index (χ1v) is 10.5. The summed E-state index contributed by atoms with van der Waals surface area (Å²) in [6.07, 6.45) is 0. The third-order valence-corrected chi connectivity index (χ3v) is 5.96. The number of carbonyl (C=O) groups excluding carboxylic acids is 1. The third kappa shape index (κ3) is 5.67. The van der Waals surface area contributed by atoms with Crippen molar-refractivity contribution in [3.8, 4) is 0 Å². The number of hydrogen-bond acceptors (Lipinski definition) is 4. The molecule has 27 heavy (non-hydrogen) atoms. The van der Waals surface area contributed by atoms with E-state index in [0.29, 0.717) is 6.54 Å². The van der Waals surface area contributed by atoms with E-state index in [4.69, 9.17) is 0 Å². The minimum absolute atomic E-state index is 0.0668. The molecule has 6 heteroatoms. The van der Waals surface area contributed by atoms with Crippen LogP contribution in [0.5, 0.6) is 0 Å². The second-order valence-corrected chi connectivity index (χ2v) is 7.56. The lowest BCUT2D eigenvalue weighted by molar-refractivity contribution is 0.131. The van der Waals surface area contributed by atoms with E-state index < -0.39 is 0 Å². The Morgan fingerprint density at radius 2 is 1.33 bits per heavy atom. The van der Waals surface area contributed by atoms with Crippen LogP contribution in [0.1, 0.15) is 25.0 Å². The predicted molar refractivity (Wildman–Crippen MR) is 110 cm³/mol. The number of hydrogen-bond donors (Lipinski definition) is 1. The van der Waals surface area contributed by atoms with Crippen molar-refractivity contribution in [2.75, 3.05) is 65.4 Å². The SMILES string of the molecule is CCN1CCN(Cc2ccccc2CNC(=O)N2CCN(CC)CC2)CC1. The maximum atomic E-state index is 12.5. The van der Waals surface area contributed by atoms with Crippen molar-refractivity contribution in [1.82, 2.24) is 24.9 Å². The van der Waals surface area contributed by atoms with Gasteiger partial charge in [-0.05, 0) is 24.2 Å². The second kappa shape index (κ2) is 10.1. The van der Waals surface area contributed by atoms with Gasteiger partial charge in [-0.1, -0.05) is 38.1 Å². The molecule has 0 radical (unpaired) electrons. The zero-order valence-electron chi connectivity index (χ0n) is 17.0. The number of amides is 2. The van der Waals surface area contributed by atoms with Gasteiger partial charge in [-0.3, -0.25) is 4.90 Å². The number of benzene rings is 1. The van der Waals surface area contributed by atoms with E-state index in [0.717, 1.165) is 72.0 Å². The van der Waals surface area contributed by atoms with E-state index in [2.05, 4.69) is 58.1 Å². The normalized spacial score (nSPS) is 20.0. The van der Waals surface area contributed by atoms with Crippen molar-refractivity contribution in [2.24, 2.45) is 0 Å². The number of piperazine rings is 2. The molecule has 2 aliphatic rings. The number of urea groups is 1. The fourth-order valence-electron chi connectivity index (χ4n) is 3.94. The minimum atomic E-state index is 0.0668. The first kappa shape index (κ1) is 20.1. The molecule has 150 valence electrons. The van der Waals surface area contributed by atoms with Crippen molar-refractivity contribution < 1.29 is 4.79 Å². The molecule has 1 aromatic carbocycles. The number of nitrogens with one attached hydrogen (secondary N) is 1. The molecule has 0 spiro atoms. The van der Waals surface area contributed by atoms with Crippen LogP contribution in [0.4, 0.5) is 4.79 Å². The van der Waals surface area contributed by atoms with Crippen LogP contribution in [-0.2, 0) is 13.1 Å². The summed E-state index contributed by atoms with van der Waals surface area (Å²) in [6, 6.07) is 8.59. The zero-order chi connectivity index (χ0) is 19.1. The van der Waals surface area contributed by atoms with E-state index in [1.54, 1.807) is 0 Å². The van der Waals surface area contributed by atoms with Crippen molar-refractivity contribution >= 4 is 6.03 Å². The number of likely N-dealkylation sites (N-methyl/N-ethyl adjacent to an activating group) is 2. The van der Waals surface area contributed by atoms with Crippen LogP contribution < -0.4 is 5.32 Å². The highest BCUT2D eigenvalue weighted by molar-refractivity contribution is 5.74. The molecule has 1 aromatic rings. The van der Waals surface area contributed by atoms with E-state index in [9.17, 15) is 4.79 Å². The fraction of sp³-hybridized carbons (Fsp3) is 0.667. The van der Waals surface area contributed by atoms with Crippen LogP contribution in [0.15, 0.2) is 24.3 Å². The molecule has 3 rings (SSSR count). The molecule has 2 amide bonds. The molecule has 0 aromatic heterocycles. The monoisotopic (exact) mass is 373 g/mol. The van der Waals surface area contributed by atoms with Gasteiger partial charge >= 0.3 is 6.03 Å². The largest absolute Gasteiger partial charge is 0.334 e. The van der Waals surface area contributed by atoms with Crippen molar-refractivity contribution in [2.45, 2.75) is 26.9 Å². The lowest BCUT2D eigenvalue weighted by Gasteiger charge is -2.34. The van der Waals surface area contributed by atoms with Gasteiger partial charge in [0.05, 0.1) is 0 Å². The third-order valence-electron chi connectivity index (χ3n) is 5.96. The Kier molecular flexibility index (Phi) is 7.50. The average Bonchev–Trinajstić information content (AvgIpc) is 2.73. The molecule has 2 fully saturated rings. The van der Waals surface area contributed by atoms with Crippen LogP contribution in [0.25, 0.3) is 0 Å². The van der Waals surface area contributed by atoms with Gasteiger partial charge in [0.2, 0.25) is 0 Å². The Morgan fingerprint density at radius 1 is 0.815 bits per heavy atom. The predicted octanol–water partition coefficient (Wildman–Crippen LogP) is 1.67. The average molecular weight is 374 g/mol. The van der Waals surface area contributed by atoms with Gasteiger partial charge in [-0.2, -0.15) is 0 Å². The summed E-state index contributed by atoms with van der Waals surface area (Å²) in [6.45, 7) is 16.3. The standard InChI is InChI=1S/C21H35N5O/c1-3-23-9-11-25(12-10-23)18-20-8-6-5-7-19(20)17-22-21(27)26-15-13-24(4-2)14-16-26/h5-8H,3-4,9-18H2,1-2H3,(H,22,27). The lowest BCUT2D eigenvalue weighted by atomic mass is 10.1. The van der Waals surface area contributed by atoms with Crippen molar-refractivity contribution in [3.63, 3.8) is 0 Å². The smallest absolute Gasteiger partial charge is 0.317 e. The van der Waals surface area contributed by atoms with Gasteiger partial charge in [-0.25, -0.2) is 4.79 Å². The van der Waals surface area contributed by atoms with Gasteiger partial charge in [0.1, 0.15) is 0 Å². The maximum absolute atomic E-state index is 12.5. The van der Waals surface area contributed by atoms with Gasteiger partial charge in [-0.15, -0.1) is 0 Å². The number of nitrogens with zero attached hydrogens (tertiary/aromatic N) is 4. The topological polar surface area (TPSA) is 42.1 Å². The maximum Gasteiger partial charge on any atom is 0.317 e. The zero-order valence-corrected chi connectivity index (χ0v) is 17.0. The van der Waals surface area contributed by atoms with Crippen molar-refractivity contribution in [3.05, 3.63) is 35.4 Å². The molecular formula is C21H35N5O. The molecule has 6 nitrogen and oxygen atoms in total. The van der Waals surface area contributed by atoms with E-state index in [1.807, 2.05) is 4.90 Å². The number of rotatable bonds is 6. The Bertz CT molecular complexity index is 592. The van der Waals surface area contributed by atoms with Gasteiger partial charge in [0, 0.05) is 65.4 Å². The first-order valence-electron chi connectivity index (χ1n) is 10.5. The van der Waals surface area contributed by atoms with Crippen LogP contribution in [0.2, 0.25) is 0 Å². The summed E-state index contributed by atoms with van der Waals surface area (Å²) in [5.74, 6) is 0. The molecule has 2 heterocycles. The Balaban J connectivity index is 1.50. The second-order valence-electron chi connectivity index (χ2n) is 7.56. The highest BCUT2D eigenvalue weighted by Crippen LogP contribution is 2.14. The Hall–Kier alpha value is -1.63. The van der Waals surface area contributed by atoms with Crippen LogP contribution in [0, 0.1) is 0 Å². The molecule has 2 saturated heterocycles. The summed E-state index contributed by atoms with van der Waals surface area (Å²) in [4.78, 5) is 21.9. The van der Waals surface area contributed by atoms with E-state index in [-0.39, 0.29) is 6.03 Å². The Labute approximate surface area is 164 Å². The van der Waals surface area contributed by atoms with Crippen LogP contribution >= 0.6 is 0 Å². The highest BCUT2D eigenvalue weighted by atomic mass is 16.2. The molecular weight excluding hydrogens is 338 g/mol. The summed E-state index contributed by atoms with van der Waals surface area (Å²) >= 11 is 0. The summed E-state index contributed by atoms with van der Waals surface area (Å²) in [5.41, 5.74) is 2.56. The van der Waals surface area contributed by atoms with Gasteiger partial charge in [0.25, 0.3) is 0 Å². The highest BCUT2D eigenvalue weighted by Gasteiger charge is 2.20. The quantitative estimate of drug-likeness (QED) is 0.824. The first-order chi connectivity index (χ1) is 13.2. The van der Waals surface area contributed by atoms with Crippen LogP contribution in [0.3, 0.4) is 0 Å². The molecule has 0 unspecified atom stereocenters. The number of carbonyl (C=O) groups is 1. The van der Waals surface area contributed by atoms with Gasteiger partial charge in [0.15, 0.2) is 0 Å². The molecule has 0 aliphatic carbocycles. The molecule has 0 bridgehead atoms. The minimum Gasteiger partial charge on any atom is -0.334 e. The lowest BCUT2D eigenvalue weighted by Crippen LogP contribution is -2.51. The fourth-order valence-corrected chi connectivity index (χ4v) is 3.94. The molecule has 1 N–H and O–H groups in total. The Morgan fingerprint density at radius 3 is 1.93 bits per heavy atom. The van der Waals surface area contributed by atoms with E-state index >= 15 is 0 Å². The molecule has 0 atom stereocenters. The van der Waals surface area contributed by atoms with Crippen LogP contribution in [-0.4, -0.2) is 91.1 Å². The molecule has 2 aliphatic heterocycles. The summed E-state index contributed by atoms with van der Waals surface area (Å²) in [7, 11) is 0. The van der Waals surface area contributed by atoms with Gasteiger partial charge < -0.3 is 20.0 Å². The van der Waals surface area contributed by atoms with E-state index in [1.165, 1.54) is 11.1 Å². The molecule has 0 saturated carbocycles. The van der Waals surface area contributed by atoms with Crippen molar-refractivity contribution in [1.29, 1.82) is 0 Å². The summed E-state index contributed by atoms with van der Waals surface area (Å²) in [5, 5.41) is 3.14. The summed E-state index contributed by atoms with van der Waals surface area (Å²) < 4.78 is 0.